The molecule has 2 heterocycles. The molecule has 0 aliphatic carbocycles. The summed E-state index contributed by atoms with van der Waals surface area (Å²) in [6.07, 6.45) is -1.24. The van der Waals surface area contributed by atoms with Crippen LogP contribution in [0.15, 0.2) is 49.2 Å². The molecule has 4 aromatic rings. The van der Waals surface area contributed by atoms with E-state index in [-0.39, 0.29) is 17.1 Å². The minimum atomic E-state index is -3.36. The van der Waals surface area contributed by atoms with Crippen LogP contribution in [0.3, 0.4) is 0 Å². The zero-order valence-electron chi connectivity index (χ0n) is 17.0. The fourth-order valence-electron chi connectivity index (χ4n) is 3.32. The lowest BCUT2D eigenvalue weighted by atomic mass is 10.1. The van der Waals surface area contributed by atoms with Gasteiger partial charge in [-0.2, -0.15) is 0 Å². The van der Waals surface area contributed by atoms with Crippen LogP contribution in [0.1, 0.15) is 10.4 Å². The van der Waals surface area contributed by atoms with Gasteiger partial charge in [0.05, 0.1) is 43.0 Å². The molecule has 0 saturated heterocycles. The molecular formula is C21H18F3N5O3. The minimum Gasteiger partial charge on any atom is -0.496 e. The van der Waals surface area contributed by atoms with Crippen LogP contribution in [0.5, 0.6) is 11.5 Å². The Morgan fingerprint density at radius 1 is 1.09 bits per heavy atom. The average molecular weight is 445 g/mol. The molecule has 166 valence electrons. The van der Waals surface area contributed by atoms with Crippen molar-refractivity contribution in [3.8, 4) is 28.4 Å². The van der Waals surface area contributed by atoms with Gasteiger partial charge >= 0.3 is 0 Å². The number of halogens is 3. The average Bonchev–Trinajstić information content (AvgIpc) is 3.47. The molecule has 0 spiro atoms. The number of carbonyl (C=O) groups is 1. The molecule has 1 atom stereocenters. The molecule has 32 heavy (non-hydrogen) atoms. The predicted molar refractivity (Wildman–Crippen MR) is 110 cm³/mol. The van der Waals surface area contributed by atoms with Crippen LogP contribution < -0.4 is 14.8 Å². The highest BCUT2D eigenvalue weighted by Gasteiger charge is 2.27. The predicted octanol–water partition coefficient (Wildman–Crippen LogP) is 3.72. The van der Waals surface area contributed by atoms with Gasteiger partial charge in [-0.15, -0.1) is 0 Å². The summed E-state index contributed by atoms with van der Waals surface area (Å²) >= 11 is 0. The summed E-state index contributed by atoms with van der Waals surface area (Å²) in [7, 11) is 2.61. The maximum absolute atomic E-state index is 13.4. The van der Waals surface area contributed by atoms with Gasteiger partial charge in [0.2, 0.25) is 6.30 Å². The summed E-state index contributed by atoms with van der Waals surface area (Å²) < 4.78 is 50.7. The van der Waals surface area contributed by atoms with Crippen molar-refractivity contribution in [3.05, 3.63) is 54.7 Å². The second kappa shape index (κ2) is 8.61. The lowest BCUT2D eigenvalue weighted by Crippen LogP contribution is -2.36. The number of aromatic amines is 1. The van der Waals surface area contributed by atoms with Gasteiger partial charge in [-0.05, 0) is 12.1 Å². The Morgan fingerprint density at radius 2 is 1.81 bits per heavy atom. The summed E-state index contributed by atoms with van der Waals surface area (Å²) in [4.78, 5) is 24.0. The van der Waals surface area contributed by atoms with E-state index in [0.29, 0.717) is 11.2 Å². The van der Waals surface area contributed by atoms with Gasteiger partial charge in [-0.25, -0.2) is 23.1 Å². The Labute approximate surface area is 180 Å². The number of amides is 1. The number of fused-ring (bicyclic) bond motifs is 1. The van der Waals surface area contributed by atoms with Crippen LogP contribution in [0.25, 0.3) is 28.0 Å². The van der Waals surface area contributed by atoms with Gasteiger partial charge in [0.25, 0.3) is 12.3 Å². The summed E-state index contributed by atoms with van der Waals surface area (Å²) in [5, 5.41) is 1.61. The van der Waals surface area contributed by atoms with Crippen LogP contribution in [0.2, 0.25) is 0 Å². The number of H-pyrrole nitrogens is 1. The zero-order valence-corrected chi connectivity index (χ0v) is 17.0. The number of aromatic nitrogens is 4. The second-order valence-corrected chi connectivity index (χ2v) is 6.71. The lowest BCUT2D eigenvalue weighted by Gasteiger charge is -2.17. The number of benzene rings is 2. The number of imidazole rings is 2. The highest BCUT2D eigenvalue weighted by molar-refractivity contribution is 6.00. The molecule has 0 bridgehead atoms. The Balaban J connectivity index is 1.76. The Bertz CT molecular complexity index is 1230. The molecule has 8 nitrogen and oxygen atoms in total. The van der Waals surface area contributed by atoms with E-state index in [1.807, 2.05) is 18.2 Å². The molecule has 0 saturated carbocycles. The first-order chi connectivity index (χ1) is 15.4. The first-order valence-corrected chi connectivity index (χ1v) is 9.38. The van der Waals surface area contributed by atoms with Gasteiger partial charge in [-0.3, -0.25) is 9.36 Å². The van der Waals surface area contributed by atoms with Crippen molar-refractivity contribution in [1.82, 2.24) is 24.8 Å². The fourth-order valence-corrected chi connectivity index (χ4v) is 3.32. The van der Waals surface area contributed by atoms with Gasteiger partial charge in [0, 0.05) is 23.9 Å². The molecule has 4 rings (SSSR count). The molecule has 1 unspecified atom stereocenters. The van der Waals surface area contributed by atoms with E-state index in [1.54, 1.807) is 28.7 Å². The maximum Gasteiger partial charge on any atom is 0.287 e. The third-order valence-corrected chi connectivity index (χ3v) is 4.83. The van der Waals surface area contributed by atoms with Crippen molar-refractivity contribution >= 4 is 16.9 Å². The number of methoxy groups -OCH3 is 2. The number of rotatable bonds is 7. The van der Waals surface area contributed by atoms with Crippen LogP contribution in [-0.2, 0) is 0 Å². The van der Waals surface area contributed by atoms with Crippen molar-refractivity contribution < 1.29 is 27.4 Å². The molecular weight excluding hydrogens is 427 g/mol. The highest BCUT2D eigenvalue weighted by atomic mass is 19.3. The first-order valence-electron chi connectivity index (χ1n) is 9.38. The van der Waals surface area contributed by atoms with Crippen molar-refractivity contribution in [1.29, 1.82) is 0 Å². The Kier molecular flexibility index (Phi) is 5.71. The SMILES string of the molecule is COc1cc(-n2cnc3cc(-c4c[nH]cn4)ccc32)cc(OC)c1C(=O)NC(F)C(F)F. The Morgan fingerprint density at radius 3 is 2.41 bits per heavy atom. The van der Waals surface area contributed by atoms with Crippen LogP contribution in [-0.4, -0.2) is 52.4 Å². The smallest absolute Gasteiger partial charge is 0.287 e. The number of carbonyl (C=O) groups excluding carboxylic acids is 1. The van der Waals surface area contributed by atoms with Crippen molar-refractivity contribution in [2.45, 2.75) is 12.7 Å². The third kappa shape index (κ3) is 3.84. The lowest BCUT2D eigenvalue weighted by molar-refractivity contribution is 0.0285. The molecule has 11 heteroatoms. The summed E-state index contributed by atoms with van der Waals surface area (Å²) in [6.45, 7) is 0. The normalized spacial score (nSPS) is 12.2. The number of nitrogens with zero attached hydrogens (tertiary/aromatic N) is 3. The highest BCUT2D eigenvalue weighted by Crippen LogP contribution is 2.34. The second-order valence-electron chi connectivity index (χ2n) is 6.71. The van der Waals surface area contributed by atoms with Gasteiger partial charge in [-0.1, -0.05) is 6.07 Å². The largest absolute Gasteiger partial charge is 0.496 e. The van der Waals surface area contributed by atoms with E-state index in [9.17, 15) is 18.0 Å². The van der Waals surface area contributed by atoms with E-state index >= 15 is 0 Å². The van der Waals surface area contributed by atoms with Gasteiger partial charge < -0.3 is 19.8 Å². The topological polar surface area (TPSA) is 94.1 Å². The van der Waals surface area contributed by atoms with E-state index < -0.39 is 18.6 Å². The van der Waals surface area contributed by atoms with E-state index in [0.717, 1.165) is 16.8 Å². The summed E-state index contributed by atoms with van der Waals surface area (Å²) in [6, 6.07) is 8.65. The molecule has 0 radical (unpaired) electrons. The molecule has 0 fully saturated rings. The Hall–Kier alpha value is -4.02. The van der Waals surface area contributed by atoms with E-state index in [2.05, 4.69) is 15.0 Å². The van der Waals surface area contributed by atoms with Crippen molar-refractivity contribution in [3.63, 3.8) is 0 Å². The molecule has 0 aliphatic rings. The number of nitrogens with one attached hydrogen (secondary N) is 2. The number of hydrogen-bond donors (Lipinski definition) is 2. The summed E-state index contributed by atoms with van der Waals surface area (Å²) in [5.74, 6) is -1.04. The molecule has 2 N–H and O–H groups in total. The maximum atomic E-state index is 13.4. The summed E-state index contributed by atoms with van der Waals surface area (Å²) in [5.41, 5.74) is 3.44. The van der Waals surface area contributed by atoms with Crippen molar-refractivity contribution in [2.24, 2.45) is 0 Å². The molecule has 1 amide bonds. The fraction of sp³-hybridized carbons (Fsp3) is 0.190. The van der Waals surface area contributed by atoms with Crippen molar-refractivity contribution in [2.75, 3.05) is 14.2 Å². The number of hydrogen-bond acceptors (Lipinski definition) is 5. The van der Waals surface area contributed by atoms with E-state index in [4.69, 9.17) is 9.47 Å². The van der Waals surface area contributed by atoms with Crippen LogP contribution >= 0.6 is 0 Å². The minimum absolute atomic E-state index is 0.0216. The molecule has 2 aromatic heterocycles. The van der Waals surface area contributed by atoms with Crippen LogP contribution in [0.4, 0.5) is 13.2 Å². The van der Waals surface area contributed by atoms with Crippen LogP contribution in [0, 0.1) is 0 Å². The first kappa shape index (κ1) is 21.2. The van der Waals surface area contributed by atoms with E-state index in [1.165, 1.54) is 26.4 Å². The monoisotopic (exact) mass is 445 g/mol. The number of ether oxygens (including phenoxy) is 2. The molecule has 2 aromatic carbocycles. The number of alkyl halides is 3. The standard InChI is InChI=1S/C21H18F3N5O3/c1-31-16-6-12(7-17(32-2)18(16)21(30)28-20(24)19(22)23)29-10-27-13-5-11(3-4-15(13)29)14-8-25-9-26-14/h3-10,19-20H,1-2H3,(H,25,26)(H,28,30). The quantitative estimate of drug-likeness (QED) is 0.423. The molecule has 0 aliphatic heterocycles. The van der Waals surface area contributed by atoms with Gasteiger partial charge in [0.15, 0.2) is 0 Å². The zero-order chi connectivity index (χ0) is 22.8. The third-order valence-electron chi connectivity index (χ3n) is 4.83. The van der Waals surface area contributed by atoms with Gasteiger partial charge in [0.1, 0.15) is 23.4 Å².